The Morgan fingerprint density at radius 2 is 0.975 bits per heavy atom. The smallest absolute Gasteiger partial charge is 0.524 e. The molecule has 0 amide bonds. The van der Waals surface area contributed by atoms with Gasteiger partial charge in [-0.1, -0.05) is 140 Å². The quantitative estimate of drug-likeness (QED) is 0.237. The molecule has 2 heterocycles. The van der Waals surface area contributed by atoms with Gasteiger partial charge in [0.1, 0.15) is 5.75 Å². The molecule has 0 aliphatic carbocycles. The Bertz CT molecular complexity index is 1750. The Morgan fingerprint density at radius 1 is 0.450 bits per heavy atom. The molecule has 2 nitrogen and oxygen atoms in total. The molecule has 0 N–H and O–H groups in total. The van der Waals surface area contributed by atoms with E-state index in [1.165, 1.54) is 43.0 Å². The van der Waals surface area contributed by atoms with Gasteiger partial charge in [0.15, 0.2) is 8.07 Å². The molecule has 0 radical (unpaired) electrons. The average Bonchev–Trinajstić information content (AvgIpc) is 3.43. The lowest BCUT2D eigenvalue weighted by Crippen LogP contribution is -2.75. The van der Waals surface area contributed by atoms with Crippen LogP contribution in [0.3, 0.4) is 0 Å². The maximum atomic E-state index is 6.61. The normalized spacial score (nSPS) is 13.1. The number of nitrogens with zero attached hydrogens (tertiary/aromatic N) is 1. The van der Waals surface area contributed by atoms with Crippen molar-refractivity contribution in [2.75, 3.05) is 4.81 Å². The predicted molar refractivity (Wildman–Crippen MR) is 170 cm³/mol. The maximum Gasteiger partial charge on any atom is 0.524 e. The first-order valence-electron chi connectivity index (χ1n) is 13.8. The van der Waals surface area contributed by atoms with Gasteiger partial charge in [0, 0.05) is 11.3 Å². The molecular formula is C36H26BNOSi. The van der Waals surface area contributed by atoms with Crippen LogP contribution in [0.2, 0.25) is 0 Å². The van der Waals surface area contributed by atoms with Gasteiger partial charge in [0.2, 0.25) is 0 Å². The summed E-state index contributed by atoms with van der Waals surface area (Å²) in [5.74, 6) is 0.931. The molecule has 0 unspecified atom stereocenters. The van der Waals surface area contributed by atoms with E-state index in [1.54, 1.807) is 0 Å². The highest BCUT2D eigenvalue weighted by Crippen LogP contribution is 2.46. The fraction of sp³-hybridized carbons (Fsp3) is 0. The standard InChI is InChI=1S/C36H26BNOSi/c1-4-14-27(15-5-1)40(28-16-6-2-7-17-28,29-18-8-3-9-19-29)30-24-25-33-32(26-30)31-20-10-11-21-34(31)38-35-22-12-13-23-36(35)39-37(33)38/h1-26H. The maximum absolute atomic E-state index is 6.61. The highest BCUT2D eigenvalue weighted by atomic mass is 28.3. The molecule has 0 atom stereocenters. The number of hydrogen-bond donors (Lipinski definition) is 0. The lowest BCUT2D eigenvalue weighted by atomic mass is 9.65. The SMILES string of the molecule is c1ccc([Si](c2ccccc2)(c2ccccc2)c2ccc3c(c2)-c2ccccc2N2B3Oc3ccccc32)cc1. The van der Waals surface area contributed by atoms with Crippen LogP contribution in [-0.2, 0) is 0 Å². The third-order valence-electron chi connectivity index (χ3n) is 8.42. The van der Waals surface area contributed by atoms with Crippen LogP contribution in [0.1, 0.15) is 0 Å². The fourth-order valence-corrected chi connectivity index (χ4v) is 11.5. The van der Waals surface area contributed by atoms with Crippen molar-refractivity contribution in [3.8, 4) is 16.9 Å². The van der Waals surface area contributed by atoms with Gasteiger partial charge in [-0.25, -0.2) is 0 Å². The van der Waals surface area contributed by atoms with E-state index >= 15 is 0 Å². The summed E-state index contributed by atoms with van der Waals surface area (Å²) in [7, 11) is -2.81. The topological polar surface area (TPSA) is 12.5 Å². The van der Waals surface area contributed by atoms with E-state index in [9.17, 15) is 0 Å². The van der Waals surface area contributed by atoms with Crippen LogP contribution in [-0.4, -0.2) is 15.1 Å². The Kier molecular flexibility index (Phi) is 5.29. The molecule has 0 saturated carbocycles. The largest absolute Gasteiger partial charge is 0.536 e. The first kappa shape index (κ1) is 23.1. The van der Waals surface area contributed by atoms with E-state index in [2.05, 4.69) is 156 Å². The zero-order chi connectivity index (χ0) is 26.5. The third kappa shape index (κ3) is 3.30. The summed E-state index contributed by atoms with van der Waals surface area (Å²) >= 11 is 0. The first-order chi connectivity index (χ1) is 19.9. The Balaban J connectivity index is 1.42. The zero-order valence-electron chi connectivity index (χ0n) is 21.9. The second-order valence-corrected chi connectivity index (χ2v) is 14.3. The average molecular weight is 528 g/mol. The Hall–Kier alpha value is -4.80. The van der Waals surface area contributed by atoms with Gasteiger partial charge in [-0.05, 0) is 50.0 Å². The lowest BCUT2D eigenvalue weighted by Gasteiger charge is -2.36. The molecule has 6 aromatic carbocycles. The second kappa shape index (κ2) is 9.15. The number of fused-ring (bicyclic) bond motifs is 8. The Labute approximate surface area is 236 Å². The summed E-state index contributed by atoms with van der Waals surface area (Å²) in [5.41, 5.74) is 6.01. The van der Waals surface area contributed by atoms with Gasteiger partial charge >= 0.3 is 7.05 Å². The van der Waals surface area contributed by atoms with Crippen LogP contribution in [0, 0.1) is 0 Å². The summed E-state index contributed by atoms with van der Waals surface area (Å²) in [5, 5.41) is 5.50. The summed E-state index contributed by atoms with van der Waals surface area (Å²) in [6.45, 7) is 0. The van der Waals surface area contributed by atoms with Crippen LogP contribution >= 0.6 is 0 Å². The van der Waals surface area contributed by atoms with Crippen LogP contribution in [0.15, 0.2) is 158 Å². The van der Waals surface area contributed by atoms with Crippen molar-refractivity contribution in [3.05, 3.63) is 158 Å². The van der Waals surface area contributed by atoms with Crippen molar-refractivity contribution >= 4 is 52.7 Å². The molecule has 0 spiro atoms. The summed E-state index contributed by atoms with van der Waals surface area (Å²) in [6.07, 6.45) is 0. The van der Waals surface area contributed by atoms with E-state index in [0.717, 1.165) is 11.4 Å². The molecule has 2 aliphatic rings. The molecule has 188 valence electrons. The third-order valence-corrected chi connectivity index (χ3v) is 13.2. The van der Waals surface area contributed by atoms with Crippen molar-refractivity contribution in [1.82, 2.24) is 0 Å². The van der Waals surface area contributed by atoms with Gasteiger partial charge in [0.05, 0.1) is 5.69 Å². The number of rotatable bonds is 4. The molecular weight excluding hydrogens is 501 g/mol. The van der Waals surface area contributed by atoms with E-state index in [0.29, 0.717) is 0 Å². The molecule has 6 aromatic rings. The van der Waals surface area contributed by atoms with Crippen LogP contribution in [0.4, 0.5) is 11.4 Å². The number of para-hydroxylation sites is 3. The van der Waals surface area contributed by atoms with Crippen molar-refractivity contribution in [3.63, 3.8) is 0 Å². The zero-order valence-corrected chi connectivity index (χ0v) is 22.9. The van der Waals surface area contributed by atoms with Crippen molar-refractivity contribution in [1.29, 1.82) is 0 Å². The fourth-order valence-electron chi connectivity index (χ4n) is 6.73. The summed E-state index contributed by atoms with van der Waals surface area (Å²) in [6, 6.07) is 57.6. The van der Waals surface area contributed by atoms with Gasteiger partial charge < -0.3 is 9.47 Å². The van der Waals surface area contributed by atoms with E-state index in [-0.39, 0.29) is 7.05 Å². The minimum Gasteiger partial charge on any atom is -0.536 e. The van der Waals surface area contributed by atoms with Gasteiger partial charge in [-0.2, -0.15) is 0 Å². The number of benzene rings is 6. The molecule has 8 rings (SSSR count). The highest BCUT2D eigenvalue weighted by molar-refractivity contribution is 7.20. The van der Waals surface area contributed by atoms with E-state index < -0.39 is 8.07 Å². The Morgan fingerprint density at radius 3 is 1.60 bits per heavy atom. The molecule has 0 fully saturated rings. The van der Waals surface area contributed by atoms with Gasteiger partial charge in [-0.15, -0.1) is 0 Å². The molecule has 4 heteroatoms. The van der Waals surface area contributed by atoms with Crippen molar-refractivity contribution < 1.29 is 4.65 Å². The van der Waals surface area contributed by atoms with Crippen LogP contribution in [0.25, 0.3) is 11.1 Å². The van der Waals surface area contributed by atoms with Crippen molar-refractivity contribution in [2.45, 2.75) is 0 Å². The summed E-state index contributed by atoms with van der Waals surface area (Å²) in [4.78, 5) is 2.35. The minimum atomic E-state index is -2.63. The first-order valence-corrected chi connectivity index (χ1v) is 15.8. The molecule has 0 aromatic heterocycles. The number of hydrogen-bond acceptors (Lipinski definition) is 2. The van der Waals surface area contributed by atoms with Gasteiger partial charge in [-0.3, -0.25) is 0 Å². The molecule has 0 saturated heterocycles. The summed E-state index contributed by atoms with van der Waals surface area (Å²) < 4.78 is 6.61. The molecule has 0 bridgehead atoms. The number of anilines is 2. The van der Waals surface area contributed by atoms with Crippen molar-refractivity contribution in [2.24, 2.45) is 0 Å². The lowest BCUT2D eigenvalue weighted by molar-refractivity contribution is 0.603. The van der Waals surface area contributed by atoms with Crippen LogP contribution in [0.5, 0.6) is 5.75 Å². The highest BCUT2D eigenvalue weighted by Gasteiger charge is 2.47. The van der Waals surface area contributed by atoms with E-state index in [4.69, 9.17) is 4.65 Å². The monoisotopic (exact) mass is 527 g/mol. The van der Waals surface area contributed by atoms with Gasteiger partial charge in [0.25, 0.3) is 0 Å². The predicted octanol–water partition coefficient (Wildman–Crippen LogP) is 4.97. The van der Waals surface area contributed by atoms with Crippen LogP contribution < -0.4 is 35.7 Å². The molecule has 40 heavy (non-hydrogen) atoms. The minimum absolute atomic E-state index is 0.183. The second-order valence-electron chi connectivity index (χ2n) is 10.5. The van der Waals surface area contributed by atoms with E-state index in [1.807, 2.05) is 6.07 Å². The molecule has 2 aliphatic heterocycles.